The zero-order valence-corrected chi connectivity index (χ0v) is 17.7. The van der Waals surface area contributed by atoms with Crippen LogP contribution in [-0.2, 0) is 12.8 Å². The van der Waals surface area contributed by atoms with Crippen LogP contribution in [0, 0.1) is 18.6 Å². The van der Waals surface area contributed by atoms with E-state index in [1.807, 2.05) is 13.0 Å². The Bertz CT molecular complexity index is 1460. The molecule has 0 radical (unpaired) electrons. The summed E-state index contributed by atoms with van der Waals surface area (Å²) in [7, 11) is 0. The van der Waals surface area contributed by atoms with Crippen LogP contribution in [-0.4, -0.2) is 29.4 Å². The molecular formula is C25H19F2N5O. The van der Waals surface area contributed by atoms with Crippen LogP contribution in [0.5, 0.6) is 5.75 Å². The number of pyridine rings is 2. The molecule has 1 N–H and O–H groups in total. The van der Waals surface area contributed by atoms with E-state index in [0.717, 1.165) is 28.6 Å². The quantitative estimate of drug-likeness (QED) is 0.417. The summed E-state index contributed by atoms with van der Waals surface area (Å²) in [5, 5.41) is 10.5. The molecule has 5 rings (SSSR count). The summed E-state index contributed by atoms with van der Waals surface area (Å²) in [5.74, 6) is -1.20. The molecule has 1 aromatic carbocycles. The Kier molecular flexibility index (Phi) is 5.26. The van der Waals surface area contributed by atoms with Gasteiger partial charge in [0.25, 0.3) is 0 Å². The van der Waals surface area contributed by atoms with Crippen molar-refractivity contribution in [3.63, 3.8) is 0 Å². The zero-order chi connectivity index (χ0) is 22.9. The van der Waals surface area contributed by atoms with E-state index in [-0.39, 0.29) is 5.75 Å². The number of hydrogen-bond acceptors (Lipinski definition) is 5. The van der Waals surface area contributed by atoms with Gasteiger partial charge < -0.3 is 5.11 Å². The highest BCUT2D eigenvalue weighted by atomic mass is 19.1. The number of benzene rings is 1. The van der Waals surface area contributed by atoms with Gasteiger partial charge in [-0.25, -0.2) is 13.8 Å². The highest BCUT2D eigenvalue weighted by Crippen LogP contribution is 2.28. The standard InChI is InChI=1S/C25H19F2N5O/c1-15-8-17(4-5-28-15)24-23(33)9-16(13-30-24)2-3-21-25-31-14-22(32(25)7-6-29-21)18-10-19(26)12-20(27)11-18/h4-14,33H,2-3H2,1H3. The molecule has 6 nitrogen and oxygen atoms in total. The molecule has 5 aromatic rings. The van der Waals surface area contributed by atoms with Crippen LogP contribution >= 0.6 is 0 Å². The van der Waals surface area contributed by atoms with Gasteiger partial charge in [-0.1, -0.05) is 0 Å². The third-order valence-corrected chi connectivity index (χ3v) is 5.40. The fraction of sp³-hybridized carbons (Fsp3) is 0.120. The minimum atomic E-state index is -0.646. The molecule has 0 saturated carbocycles. The Morgan fingerprint density at radius 3 is 2.42 bits per heavy atom. The van der Waals surface area contributed by atoms with Crippen molar-refractivity contribution >= 4 is 5.65 Å². The average Bonchev–Trinajstić information content (AvgIpc) is 3.22. The summed E-state index contributed by atoms with van der Waals surface area (Å²) in [6.45, 7) is 1.88. The molecule has 0 spiro atoms. The first kappa shape index (κ1) is 20.7. The van der Waals surface area contributed by atoms with E-state index in [1.165, 1.54) is 12.1 Å². The fourth-order valence-corrected chi connectivity index (χ4v) is 3.87. The van der Waals surface area contributed by atoms with Gasteiger partial charge in [-0.05, 0) is 55.7 Å². The van der Waals surface area contributed by atoms with E-state index in [1.54, 1.807) is 47.5 Å². The van der Waals surface area contributed by atoms with Gasteiger partial charge in [0.1, 0.15) is 23.1 Å². The van der Waals surface area contributed by atoms with Crippen LogP contribution < -0.4 is 0 Å². The van der Waals surface area contributed by atoms with Gasteiger partial charge in [-0.2, -0.15) is 0 Å². The Labute approximate surface area is 188 Å². The first-order chi connectivity index (χ1) is 16.0. The lowest BCUT2D eigenvalue weighted by atomic mass is 10.1. The molecule has 0 bridgehead atoms. The summed E-state index contributed by atoms with van der Waals surface area (Å²) in [5.41, 5.74) is 5.31. The van der Waals surface area contributed by atoms with Crippen LogP contribution in [0.3, 0.4) is 0 Å². The third kappa shape index (κ3) is 4.15. The van der Waals surface area contributed by atoms with Crippen molar-refractivity contribution in [1.29, 1.82) is 0 Å². The van der Waals surface area contributed by atoms with E-state index in [4.69, 9.17) is 0 Å². The topological polar surface area (TPSA) is 76.2 Å². The molecule has 164 valence electrons. The number of fused-ring (bicyclic) bond motifs is 1. The summed E-state index contributed by atoms with van der Waals surface area (Å²) in [6, 6.07) is 8.75. The van der Waals surface area contributed by atoms with Crippen LogP contribution in [0.4, 0.5) is 8.78 Å². The van der Waals surface area contributed by atoms with Crippen molar-refractivity contribution in [2.45, 2.75) is 19.8 Å². The second-order valence-electron chi connectivity index (χ2n) is 7.77. The van der Waals surface area contributed by atoms with Crippen LogP contribution in [0.15, 0.2) is 67.4 Å². The fourth-order valence-electron chi connectivity index (χ4n) is 3.87. The number of aromatic nitrogens is 5. The Hall–Kier alpha value is -4.20. The van der Waals surface area contributed by atoms with Crippen molar-refractivity contribution in [3.05, 3.63) is 96.0 Å². The molecule has 0 amide bonds. The van der Waals surface area contributed by atoms with Crippen LogP contribution in [0.2, 0.25) is 0 Å². The molecule has 8 heteroatoms. The lowest BCUT2D eigenvalue weighted by Crippen LogP contribution is -2.00. The first-order valence-corrected chi connectivity index (χ1v) is 10.4. The molecule has 0 unspecified atom stereocenters. The maximum Gasteiger partial charge on any atom is 0.159 e. The largest absolute Gasteiger partial charge is 0.506 e. The lowest BCUT2D eigenvalue weighted by Gasteiger charge is -2.08. The SMILES string of the molecule is Cc1cc(-c2ncc(CCc3nccn4c(-c5cc(F)cc(F)c5)cnc34)cc2O)ccn1. The molecule has 0 aliphatic rings. The lowest BCUT2D eigenvalue weighted by molar-refractivity contribution is 0.474. The van der Waals surface area contributed by atoms with Gasteiger partial charge in [0.2, 0.25) is 0 Å². The van der Waals surface area contributed by atoms with Crippen molar-refractivity contribution in [2.75, 3.05) is 0 Å². The zero-order valence-electron chi connectivity index (χ0n) is 17.7. The summed E-state index contributed by atoms with van der Waals surface area (Å²) < 4.78 is 29.1. The number of aromatic hydroxyl groups is 1. The van der Waals surface area contributed by atoms with Crippen molar-refractivity contribution in [1.82, 2.24) is 24.3 Å². The molecule has 0 aliphatic carbocycles. The molecule has 4 heterocycles. The summed E-state index contributed by atoms with van der Waals surface area (Å²) >= 11 is 0. The minimum Gasteiger partial charge on any atom is -0.506 e. The molecule has 33 heavy (non-hydrogen) atoms. The molecule has 0 aliphatic heterocycles. The smallest absolute Gasteiger partial charge is 0.159 e. The van der Waals surface area contributed by atoms with Gasteiger partial charge in [0.15, 0.2) is 5.65 Å². The van der Waals surface area contributed by atoms with Gasteiger partial charge in [-0.15, -0.1) is 0 Å². The second-order valence-corrected chi connectivity index (χ2v) is 7.77. The van der Waals surface area contributed by atoms with Gasteiger partial charge in [0, 0.05) is 47.7 Å². The predicted molar refractivity (Wildman–Crippen MR) is 120 cm³/mol. The first-order valence-electron chi connectivity index (χ1n) is 10.4. The molecular weight excluding hydrogens is 424 g/mol. The Morgan fingerprint density at radius 2 is 1.67 bits per heavy atom. The van der Waals surface area contributed by atoms with Gasteiger partial charge >= 0.3 is 0 Å². The number of hydrogen-bond donors (Lipinski definition) is 1. The van der Waals surface area contributed by atoms with Crippen molar-refractivity contribution in [2.24, 2.45) is 0 Å². The number of halogens is 2. The summed E-state index contributed by atoms with van der Waals surface area (Å²) in [6.07, 6.45) is 9.47. The van der Waals surface area contributed by atoms with E-state index < -0.39 is 11.6 Å². The minimum absolute atomic E-state index is 0.0977. The van der Waals surface area contributed by atoms with E-state index in [0.29, 0.717) is 35.4 Å². The molecule has 0 atom stereocenters. The van der Waals surface area contributed by atoms with E-state index in [9.17, 15) is 13.9 Å². The predicted octanol–water partition coefficient (Wildman–Crippen LogP) is 4.93. The highest BCUT2D eigenvalue weighted by molar-refractivity contribution is 5.66. The number of nitrogens with zero attached hydrogens (tertiary/aromatic N) is 5. The van der Waals surface area contributed by atoms with Crippen LogP contribution in [0.25, 0.3) is 28.2 Å². The van der Waals surface area contributed by atoms with Crippen molar-refractivity contribution in [3.8, 4) is 28.3 Å². The number of rotatable bonds is 5. The average molecular weight is 443 g/mol. The Morgan fingerprint density at radius 1 is 0.848 bits per heavy atom. The summed E-state index contributed by atoms with van der Waals surface area (Å²) in [4.78, 5) is 17.5. The molecule has 4 aromatic heterocycles. The van der Waals surface area contributed by atoms with Crippen LogP contribution in [0.1, 0.15) is 17.0 Å². The van der Waals surface area contributed by atoms with Gasteiger partial charge in [0.05, 0.1) is 17.6 Å². The highest BCUT2D eigenvalue weighted by Gasteiger charge is 2.13. The molecule has 0 saturated heterocycles. The second kappa shape index (κ2) is 8.38. The normalized spacial score (nSPS) is 11.2. The maximum absolute atomic E-state index is 13.7. The van der Waals surface area contributed by atoms with Gasteiger partial charge in [-0.3, -0.25) is 19.4 Å². The Balaban J connectivity index is 1.40. The third-order valence-electron chi connectivity index (χ3n) is 5.40. The van der Waals surface area contributed by atoms with Crippen molar-refractivity contribution < 1.29 is 13.9 Å². The van der Waals surface area contributed by atoms with E-state index in [2.05, 4.69) is 19.9 Å². The molecule has 0 fully saturated rings. The maximum atomic E-state index is 13.7. The number of imidazole rings is 1. The van der Waals surface area contributed by atoms with E-state index >= 15 is 0 Å². The number of aryl methyl sites for hydroxylation is 3. The monoisotopic (exact) mass is 443 g/mol.